The quantitative estimate of drug-likeness (QED) is 0.286. The van der Waals surface area contributed by atoms with Gasteiger partial charge in [0.1, 0.15) is 5.41 Å². The second-order valence-corrected chi connectivity index (χ2v) is 5.88. The molecule has 1 fully saturated rings. The molecule has 6 nitrogen and oxygen atoms in total. The van der Waals surface area contributed by atoms with Crippen molar-refractivity contribution in [3.05, 3.63) is 0 Å². The fraction of sp³-hybridized carbons (Fsp3) is 0.857. The number of oxime groups is 1. The van der Waals surface area contributed by atoms with E-state index in [1.807, 2.05) is 20.8 Å². The Morgan fingerprint density at radius 3 is 2.45 bits per heavy atom. The first-order valence-corrected chi connectivity index (χ1v) is 7.32. The van der Waals surface area contributed by atoms with Gasteiger partial charge in [-0.3, -0.25) is 4.79 Å². The van der Waals surface area contributed by atoms with E-state index in [4.69, 9.17) is 15.7 Å². The van der Waals surface area contributed by atoms with E-state index in [0.29, 0.717) is 26.1 Å². The van der Waals surface area contributed by atoms with E-state index in [0.717, 1.165) is 19.3 Å². The van der Waals surface area contributed by atoms with E-state index in [9.17, 15) is 4.79 Å². The lowest BCUT2D eigenvalue weighted by molar-refractivity contribution is -0.130. The Hall–Kier alpha value is -1.30. The van der Waals surface area contributed by atoms with E-state index < -0.39 is 5.41 Å². The van der Waals surface area contributed by atoms with Gasteiger partial charge in [0, 0.05) is 6.61 Å². The highest BCUT2D eigenvalue weighted by Crippen LogP contribution is 2.32. The van der Waals surface area contributed by atoms with Crippen LogP contribution in [0.4, 0.5) is 0 Å². The SMILES string of the molecule is CCCC(CCC)(C(=O)NC1(C)CCOC1)C(N)=NO. The molecule has 1 amide bonds. The molecule has 0 radical (unpaired) electrons. The summed E-state index contributed by atoms with van der Waals surface area (Å²) < 4.78 is 5.35. The highest BCUT2D eigenvalue weighted by molar-refractivity contribution is 6.07. The standard InChI is InChI=1S/C14H27N3O3/c1-4-6-14(7-5-2,11(15)17-19)12(18)16-13(3)8-9-20-10-13/h19H,4-10H2,1-3H3,(H2,15,17)(H,16,18). The normalized spacial score (nSPS) is 23.9. The highest BCUT2D eigenvalue weighted by Gasteiger charge is 2.44. The van der Waals surface area contributed by atoms with E-state index in [1.54, 1.807) is 0 Å². The van der Waals surface area contributed by atoms with Crippen LogP contribution in [0.3, 0.4) is 0 Å². The third-order valence-electron chi connectivity index (χ3n) is 4.02. The number of carbonyl (C=O) groups excluding carboxylic acids is 1. The molecule has 0 aromatic rings. The monoisotopic (exact) mass is 285 g/mol. The van der Waals surface area contributed by atoms with Crippen LogP contribution in [0, 0.1) is 5.41 Å². The lowest BCUT2D eigenvalue weighted by atomic mass is 9.76. The number of amidine groups is 1. The summed E-state index contributed by atoms with van der Waals surface area (Å²) in [5, 5.41) is 15.2. The van der Waals surface area contributed by atoms with Crippen molar-refractivity contribution in [1.82, 2.24) is 5.32 Å². The van der Waals surface area contributed by atoms with Gasteiger partial charge in [-0.2, -0.15) is 0 Å². The first-order valence-electron chi connectivity index (χ1n) is 7.32. The molecular weight excluding hydrogens is 258 g/mol. The Kier molecular flexibility index (Phi) is 5.80. The number of amides is 1. The molecule has 1 saturated heterocycles. The zero-order valence-electron chi connectivity index (χ0n) is 12.7. The summed E-state index contributed by atoms with van der Waals surface area (Å²) >= 11 is 0. The lowest BCUT2D eigenvalue weighted by Crippen LogP contribution is -2.56. The molecule has 20 heavy (non-hydrogen) atoms. The van der Waals surface area contributed by atoms with Crippen LogP contribution in [0.15, 0.2) is 5.16 Å². The van der Waals surface area contributed by atoms with Crippen molar-refractivity contribution in [1.29, 1.82) is 0 Å². The van der Waals surface area contributed by atoms with Crippen LogP contribution in [0.5, 0.6) is 0 Å². The van der Waals surface area contributed by atoms with Gasteiger partial charge in [-0.25, -0.2) is 0 Å². The van der Waals surface area contributed by atoms with Crippen LogP contribution in [0.2, 0.25) is 0 Å². The Bertz CT molecular complexity index is 357. The lowest BCUT2D eigenvalue weighted by Gasteiger charge is -2.35. The summed E-state index contributed by atoms with van der Waals surface area (Å²) in [5.74, 6) is -0.161. The maximum absolute atomic E-state index is 12.8. The zero-order valence-corrected chi connectivity index (χ0v) is 12.7. The minimum Gasteiger partial charge on any atom is -0.409 e. The van der Waals surface area contributed by atoms with Gasteiger partial charge in [0.25, 0.3) is 0 Å². The molecule has 1 unspecified atom stereocenters. The summed E-state index contributed by atoms with van der Waals surface area (Å²) in [6.07, 6.45) is 3.50. The number of ether oxygens (including phenoxy) is 1. The Labute approximate surface area is 120 Å². The summed E-state index contributed by atoms with van der Waals surface area (Å²) in [5.41, 5.74) is 4.56. The summed E-state index contributed by atoms with van der Waals surface area (Å²) in [7, 11) is 0. The molecule has 0 aliphatic carbocycles. The number of hydrogen-bond acceptors (Lipinski definition) is 4. The average Bonchev–Trinajstić information content (AvgIpc) is 2.83. The average molecular weight is 285 g/mol. The predicted octanol–water partition coefficient (Wildman–Crippen LogP) is 1.61. The van der Waals surface area contributed by atoms with Crippen molar-refractivity contribution in [2.45, 2.75) is 58.4 Å². The number of carbonyl (C=O) groups is 1. The first kappa shape index (κ1) is 16.8. The Balaban J connectivity index is 2.98. The van der Waals surface area contributed by atoms with Crippen LogP contribution in [-0.2, 0) is 9.53 Å². The number of nitrogens with one attached hydrogen (secondary N) is 1. The number of rotatable bonds is 7. The maximum Gasteiger partial charge on any atom is 0.234 e. The van der Waals surface area contributed by atoms with E-state index >= 15 is 0 Å². The number of nitrogens with zero attached hydrogens (tertiary/aromatic N) is 1. The van der Waals surface area contributed by atoms with Crippen LogP contribution < -0.4 is 11.1 Å². The molecule has 0 spiro atoms. The first-order chi connectivity index (χ1) is 9.44. The fourth-order valence-corrected chi connectivity index (χ4v) is 2.83. The van der Waals surface area contributed by atoms with Crippen LogP contribution >= 0.6 is 0 Å². The Morgan fingerprint density at radius 2 is 2.05 bits per heavy atom. The van der Waals surface area contributed by atoms with Gasteiger partial charge in [-0.05, 0) is 26.2 Å². The highest BCUT2D eigenvalue weighted by atomic mass is 16.5. The molecule has 4 N–H and O–H groups in total. The van der Waals surface area contributed by atoms with Gasteiger partial charge in [0.15, 0.2) is 5.84 Å². The van der Waals surface area contributed by atoms with Crippen molar-refractivity contribution in [2.75, 3.05) is 13.2 Å². The van der Waals surface area contributed by atoms with Crippen molar-refractivity contribution in [3.8, 4) is 0 Å². The van der Waals surface area contributed by atoms with Gasteiger partial charge in [-0.1, -0.05) is 31.8 Å². The molecule has 6 heteroatoms. The van der Waals surface area contributed by atoms with Crippen molar-refractivity contribution in [2.24, 2.45) is 16.3 Å². The summed E-state index contributed by atoms with van der Waals surface area (Å²) in [6, 6.07) is 0. The predicted molar refractivity (Wildman–Crippen MR) is 77.6 cm³/mol. The number of hydrogen-bond donors (Lipinski definition) is 3. The molecule has 0 saturated carbocycles. The second kappa shape index (κ2) is 6.92. The van der Waals surface area contributed by atoms with Crippen LogP contribution in [0.1, 0.15) is 52.9 Å². The van der Waals surface area contributed by atoms with E-state index in [1.165, 1.54) is 0 Å². The molecule has 0 aromatic heterocycles. The molecule has 0 bridgehead atoms. The smallest absolute Gasteiger partial charge is 0.234 e. The molecule has 1 aliphatic heterocycles. The van der Waals surface area contributed by atoms with Gasteiger partial charge < -0.3 is 21.0 Å². The minimum atomic E-state index is -0.927. The zero-order chi connectivity index (χ0) is 15.2. The maximum atomic E-state index is 12.8. The van der Waals surface area contributed by atoms with Crippen molar-refractivity contribution in [3.63, 3.8) is 0 Å². The summed E-state index contributed by atoms with van der Waals surface area (Å²) in [4.78, 5) is 12.8. The van der Waals surface area contributed by atoms with Crippen LogP contribution in [-0.4, -0.2) is 35.7 Å². The fourth-order valence-electron chi connectivity index (χ4n) is 2.83. The molecule has 1 heterocycles. The van der Waals surface area contributed by atoms with Gasteiger partial charge in [0.05, 0.1) is 12.1 Å². The second-order valence-electron chi connectivity index (χ2n) is 5.88. The molecule has 116 valence electrons. The van der Waals surface area contributed by atoms with Crippen molar-refractivity contribution < 1.29 is 14.7 Å². The molecule has 0 aromatic carbocycles. The molecule has 1 rings (SSSR count). The topological polar surface area (TPSA) is 96.9 Å². The van der Waals surface area contributed by atoms with Gasteiger partial charge in [0.2, 0.25) is 5.91 Å². The Morgan fingerprint density at radius 1 is 1.45 bits per heavy atom. The molecule has 1 aliphatic rings. The molecular formula is C14H27N3O3. The third-order valence-corrected chi connectivity index (χ3v) is 4.02. The molecule has 1 atom stereocenters. The van der Waals surface area contributed by atoms with E-state index in [-0.39, 0.29) is 17.3 Å². The minimum absolute atomic E-state index is 0.00113. The van der Waals surface area contributed by atoms with Gasteiger partial charge in [-0.15, -0.1) is 0 Å². The summed E-state index contributed by atoms with van der Waals surface area (Å²) in [6.45, 7) is 7.09. The third kappa shape index (κ3) is 3.42. The van der Waals surface area contributed by atoms with Crippen molar-refractivity contribution >= 4 is 11.7 Å². The van der Waals surface area contributed by atoms with Crippen LogP contribution in [0.25, 0.3) is 0 Å². The van der Waals surface area contributed by atoms with E-state index in [2.05, 4.69) is 10.5 Å². The number of nitrogens with two attached hydrogens (primary N) is 1. The van der Waals surface area contributed by atoms with Gasteiger partial charge >= 0.3 is 0 Å². The largest absolute Gasteiger partial charge is 0.409 e.